The van der Waals surface area contributed by atoms with Crippen LogP contribution in [0.4, 0.5) is 15.6 Å². The zero-order valence-electron chi connectivity index (χ0n) is 15.3. The normalized spacial score (nSPS) is 14.5. The van der Waals surface area contributed by atoms with E-state index in [9.17, 15) is 22.8 Å². The molecule has 0 spiro atoms. The number of thiazole rings is 1. The molecule has 2 aromatic heterocycles. The van der Waals surface area contributed by atoms with E-state index in [0.717, 1.165) is 31.9 Å². The maximum Gasteiger partial charge on any atom is 0.356 e. The van der Waals surface area contributed by atoms with Gasteiger partial charge in [0.2, 0.25) is 0 Å². The van der Waals surface area contributed by atoms with E-state index < -0.39 is 31.7 Å². The number of aromatic carboxylic acids is 1. The summed E-state index contributed by atoms with van der Waals surface area (Å²) in [5.41, 5.74) is -0.115. The molecule has 12 heteroatoms. The molecule has 0 aliphatic heterocycles. The van der Waals surface area contributed by atoms with Crippen LogP contribution in [0.3, 0.4) is 0 Å². The summed E-state index contributed by atoms with van der Waals surface area (Å²) in [6.45, 7) is 0. The van der Waals surface area contributed by atoms with Crippen molar-refractivity contribution in [3.63, 3.8) is 0 Å². The molecule has 3 rings (SSSR count). The van der Waals surface area contributed by atoms with Gasteiger partial charge in [0.1, 0.15) is 0 Å². The summed E-state index contributed by atoms with van der Waals surface area (Å²) >= 11 is 0.530. The fourth-order valence-corrected chi connectivity index (χ4v) is 5.13. The van der Waals surface area contributed by atoms with Gasteiger partial charge in [-0.1, -0.05) is 24.2 Å². The van der Waals surface area contributed by atoms with Gasteiger partial charge in [-0.3, -0.25) is 15.1 Å². The highest BCUT2D eigenvalue weighted by Crippen LogP contribution is 2.31. The molecular formula is C17H18N4O6S2. The van der Waals surface area contributed by atoms with Crippen molar-refractivity contribution in [1.29, 1.82) is 0 Å². The summed E-state index contributed by atoms with van der Waals surface area (Å²) in [6.07, 6.45) is 7.24. The van der Waals surface area contributed by atoms with E-state index in [1.807, 2.05) is 0 Å². The highest BCUT2D eigenvalue weighted by atomic mass is 32.2. The van der Waals surface area contributed by atoms with E-state index >= 15 is 0 Å². The number of amides is 2. The lowest BCUT2D eigenvalue weighted by Gasteiger charge is -2.13. The average molecular weight is 438 g/mol. The smallest absolute Gasteiger partial charge is 0.356 e. The first-order valence-corrected chi connectivity index (χ1v) is 11.4. The number of pyridine rings is 1. The summed E-state index contributed by atoms with van der Waals surface area (Å²) in [5, 5.41) is 13.7. The van der Waals surface area contributed by atoms with Crippen LogP contribution in [0.2, 0.25) is 0 Å². The van der Waals surface area contributed by atoms with E-state index in [4.69, 9.17) is 5.11 Å². The lowest BCUT2D eigenvalue weighted by molar-refractivity contribution is 0.0687. The van der Waals surface area contributed by atoms with Gasteiger partial charge in [-0.15, -0.1) is 0 Å². The van der Waals surface area contributed by atoms with Crippen LogP contribution in [0.25, 0.3) is 0 Å². The number of hydrogen-bond acceptors (Lipinski definition) is 8. The Labute approximate surface area is 170 Å². The largest absolute Gasteiger partial charge is 0.476 e. The van der Waals surface area contributed by atoms with Gasteiger partial charge in [0.25, 0.3) is 0 Å². The first-order chi connectivity index (χ1) is 13.7. The number of carboxylic acid groups (broad SMARTS) is 1. The van der Waals surface area contributed by atoms with Crippen LogP contribution in [-0.4, -0.2) is 47.5 Å². The lowest BCUT2D eigenvalue weighted by atomic mass is 9.96. The Morgan fingerprint density at radius 2 is 1.90 bits per heavy atom. The molecule has 2 amide bonds. The van der Waals surface area contributed by atoms with Gasteiger partial charge in [0.05, 0.1) is 11.9 Å². The minimum Gasteiger partial charge on any atom is -0.476 e. The van der Waals surface area contributed by atoms with Crippen LogP contribution in [0, 0.1) is 5.92 Å². The number of Topliss-reactive ketones (excluding diaryl/α,β-unsaturated/α-hetero) is 1. The number of carbonyl (C=O) groups excluding carboxylic acids is 2. The number of nitrogens with zero attached hydrogens (tertiary/aromatic N) is 2. The number of carbonyl (C=O) groups is 3. The summed E-state index contributed by atoms with van der Waals surface area (Å²) in [7, 11) is -3.83. The number of ketones is 1. The van der Waals surface area contributed by atoms with Crippen LogP contribution in [0.15, 0.2) is 22.7 Å². The molecule has 154 valence electrons. The van der Waals surface area contributed by atoms with E-state index in [1.165, 1.54) is 18.5 Å². The molecule has 0 unspecified atom stereocenters. The van der Waals surface area contributed by atoms with Gasteiger partial charge in [-0.05, 0) is 18.9 Å². The second kappa shape index (κ2) is 8.25. The number of urea groups is 1. The lowest BCUT2D eigenvalue weighted by Crippen LogP contribution is -2.22. The van der Waals surface area contributed by atoms with Crippen molar-refractivity contribution in [2.24, 2.45) is 5.92 Å². The topological polar surface area (TPSA) is 155 Å². The van der Waals surface area contributed by atoms with E-state index in [-0.39, 0.29) is 22.5 Å². The van der Waals surface area contributed by atoms with Crippen molar-refractivity contribution in [1.82, 2.24) is 9.97 Å². The maximum atomic E-state index is 12.7. The van der Waals surface area contributed by atoms with Gasteiger partial charge in [0.15, 0.2) is 30.7 Å². The standard InChI is InChI=1S/C17H18N4O6S2/c1-29(26,27)15-12(14(23)24)20-17(28-15)21-16(25)19-11-8-18-7-6-10(11)13(22)9-4-2-3-5-9/h6-9H,2-5H2,1H3,(H,23,24)(H2,19,20,21,25). The van der Waals surface area contributed by atoms with Crippen molar-refractivity contribution < 1.29 is 27.9 Å². The third-order valence-corrected chi connectivity index (χ3v) is 7.21. The van der Waals surface area contributed by atoms with Crippen molar-refractivity contribution in [3.05, 3.63) is 29.7 Å². The molecule has 2 heterocycles. The summed E-state index contributed by atoms with van der Waals surface area (Å²) in [6, 6.07) is 0.730. The van der Waals surface area contributed by atoms with Crippen LogP contribution in [0.5, 0.6) is 0 Å². The Morgan fingerprint density at radius 3 is 2.48 bits per heavy atom. The Kier molecular flexibility index (Phi) is 5.94. The predicted octanol–water partition coefficient (Wildman–Crippen LogP) is 2.66. The first kappa shape index (κ1) is 20.9. The molecule has 0 saturated heterocycles. The maximum absolute atomic E-state index is 12.7. The monoisotopic (exact) mass is 438 g/mol. The van der Waals surface area contributed by atoms with Gasteiger partial charge < -0.3 is 10.4 Å². The second-order valence-electron chi connectivity index (χ2n) is 6.58. The number of carboxylic acids is 1. The van der Waals surface area contributed by atoms with Crippen LogP contribution in [0.1, 0.15) is 46.5 Å². The molecule has 0 radical (unpaired) electrons. The Bertz CT molecular complexity index is 1070. The molecule has 1 saturated carbocycles. The Morgan fingerprint density at radius 1 is 1.21 bits per heavy atom. The number of sulfone groups is 1. The molecule has 1 aliphatic rings. The predicted molar refractivity (Wildman–Crippen MR) is 105 cm³/mol. The third kappa shape index (κ3) is 4.77. The molecule has 1 fully saturated rings. The highest BCUT2D eigenvalue weighted by Gasteiger charge is 2.27. The molecule has 0 bridgehead atoms. The number of nitrogens with one attached hydrogen (secondary N) is 2. The minimum atomic E-state index is -3.83. The van der Waals surface area contributed by atoms with Gasteiger partial charge >= 0.3 is 12.0 Å². The molecular weight excluding hydrogens is 420 g/mol. The zero-order chi connectivity index (χ0) is 21.2. The Balaban J connectivity index is 1.79. The van der Waals surface area contributed by atoms with Crippen LogP contribution in [-0.2, 0) is 9.84 Å². The third-order valence-electron chi connectivity index (χ3n) is 4.42. The average Bonchev–Trinajstić information content (AvgIpc) is 3.31. The summed E-state index contributed by atoms with van der Waals surface area (Å²) in [4.78, 5) is 43.8. The van der Waals surface area contributed by atoms with Gasteiger partial charge in [0, 0.05) is 23.9 Å². The zero-order valence-corrected chi connectivity index (χ0v) is 17.0. The van der Waals surface area contributed by atoms with Crippen molar-refractivity contribution >= 4 is 49.8 Å². The summed E-state index contributed by atoms with van der Waals surface area (Å²) < 4.78 is 23.0. The van der Waals surface area contributed by atoms with Crippen LogP contribution < -0.4 is 10.6 Å². The quantitative estimate of drug-likeness (QED) is 0.581. The van der Waals surface area contributed by atoms with E-state index in [1.54, 1.807) is 0 Å². The SMILES string of the molecule is CS(=O)(=O)c1sc(NC(=O)Nc2cnccc2C(=O)C2CCCC2)nc1C(=O)O. The number of rotatable bonds is 6. The van der Waals surface area contributed by atoms with Crippen molar-refractivity contribution in [2.75, 3.05) is 16.9 Å². The van der Waals surface area contributed by atoms with Crippen LogP contribution >= 0.6 is 11.3 Å². The molecule has 2 aromatic rings. The van der Waals surface area contributed by atoms with Gasteiger partial charge in [-0.2, -0.15) is 0 Å². The Hall–Kier alpha value is -2.86. The van der Waals surface area contributed by atoms with Crippen molar-refractivity contribution in [3.8, 4) is 0 Å². The fraction of sp³-hybridized carbons (Fsp3) is 0.353. The van der Waals surface area contributed by atoms with E-state index in [2.05, 4.69) is 20.6 Å². The van der Waals surface area contributed by atoms with E-state index in [0.29, 0.717) is 16.9 Å². The number of hydrogen-bond donors (Lipinski definition) is 3. The first-order valence-electron chi connectivity index (χ1n) is 8.67. The minimum absolute atomic E-state index is 0.0676. The highest BCUT2D eigenvalue weighted by molar-refractivity contribution is 7.93. The second-order valence-corrected chi connectivity index (χ2v) is 9.79. The number of aromatic nitrogens is 2. The fourth-order valence-electron chi connectivity index (χ4n) is 3.11. The molecule has 0 aromatic carbocycles. The molecule has 0 atom stereocenters. The number of anilines is 2. The van der Waals surface area contributed by atoms with Gasteiger partial charge in [-0.25, -0.2) is 23.0 Å². The molecule has 10 nitrogen and oxygen atoms in total. The molecule has 29 heavy (non-hydrogen) atoms. The van der Waals surface area contributed by atoms with Crippen molar-refractivity contribution in [2.45, 2.75) is 29.9 Å². The molecule has 3 N–H and O–H groups in total. The summed E-state index contributed by atoms with van der Waals surface area (Å²) in [5.74, 6) is -1.68. The molecule has 1 aliphatic carbocycles.